The number of hydrogen-bond acceptors (Lipinski definition) is 4. The molecule has 1 N–H and O–H groups in total. The molecule has 2 aromatic carbocycles. The van der Waals surface area contributed by atoms with Crippen LogP contribution in [0.15, 0.2) is 53.3 Å². The first-order chi connectivity index (χ1) is 12.9. The highest BCUT2D eigenvalue weighted by atomic mass is 19.1. The predicted octanol–water partition coefficient (Wildman–Crippen LogP) is 1.89. The molecule has 0 saturated carbocycles. The molecule has 0 saturated heterocycles. The van der Waals surface area contributed by atoms with Crippen molar-refractivity contribution in [1.29, 1.82) is 0 Å². The summed E-state index contributed by atoms with van der Waals surface area (Å²) < 4.78 is 14.6. The largest absolute Gasteiger partial charge is 0.476 e. The van der Waals surface area contributed by atoms with Crippen molar-refractivity contribution in [2.45, 2.75) is 13.1 Å². The Balaban J connectivity index is 1.91. The summed E-state index contributed by atoms with van der Waals surface area (Å²) in [5.41, 5.74) is -0.545. The predicted molar refractivity (Wildman–Crippen MR) is 95.8 cm³/mol. The molecule has 3 rings (SSSR count). The van der Waals surface area contributed by atoms with Crippen LogP contribution in [0.25, 0.3) is 10.8 Å². The number of carboxylic acids is 1. The fraction of sp³-hybridized carbons (Fsp3) is 0.158. The zero-order valence-corrected chi connectivity index (χ0v) is 14.4. The van der Waals surface area contributed by atoms with Gasteiger partial charge in [0.25, 0.3) is 5.56 Å². The summed E-state index contributed by atoms with van der Waals surface area (Å²) in [6, 6.07) is 12.2. The number of nitrogens with zero attached hydrogens (tertiary/aromatic N) is 3. The summed E-state index contributed by atoms with van der Waals surface area (Å²) in [6.45, 7) is -0.436. The summed E-state index contributed by atoms with van der Waals surface area (Å²) in [5, 5.41) is 13.6. The molecule has 0 spiro atoms. The van der Waals surface area contributed by atoms with Gasteiger partial charge in [0.1, 0.15) is 12.4 Å². The van der Waals surface area contributed by atoms with Gasteiger partial charge in [-0.2, -0.15) is 5.10 Å². The quantitative estimate of drug-likeness (QED) is 0.741. The molecule has 138 valence electrons. The number of amides is 1. The molecule has 0 atom stereocenters. The van der Waals surface area contributed by atoms with Crippen LogP contribution in [-0.2, 0) is 17.9 Å². The molecular weight excluding hydrogens is 353 g/mol. The van der Waals surface area contributed by atoms with E-state index in [9.17, 15) is 23.9 Å². The Kier molecular flexibility index (Phi) is 4.98. The van der Waals surface area contributed by atoms with Gasteiger partial charge in [-0.3, -0.25) is 9.59 Å². The average Bonchev–Trinajstić information content (AvgIpc) is 2.65. The van der Waals surface area contributed by atoms with E-state index in [0.717, 1.165) is 4.68 Å². The number of carbonyl (C=O) groups is 2. The van der Waals surface area contributed by atoms with E-state index in [1.165, 1.54) is 30.1 Å². The van der Waals surface area contributed by atoms with Gasteiger partial charge in [0, 0.05) is 24.5 Å². The number of halogens is 1. The number of hydrogen-bond donors (Lipinski definition) is 1. The number of carboxylic acid groups (broad SMARTS) is 1. The van der Waals surface area contributed by atoms with Gasteiger partial charge in [0.2, 0.25) is 5.91 Å². The van der Waals surface area contributed by atoms with E-state index in [0.29, 0.717) is 5.56 Å². The van der Waals surface area contributed by atoms with Crippen LogP contribution in [-0.4, -0.2) is 38.7 Å². The molecule has 7 nitrogen and oxygen atoms in total. The highest BCUT2D eigenvalue weighted by Gasteiger charge is 2.19. The first-order valence-corrected chi connectivity index (χ1v) is 8.09. The molecule has 0 aliphatic heterocycles. The van der Waals surface area contributed by atoms with Gasteiger partial charge in [-0.05, 0) is 12.1 Å². The van der Waals surface area contributed by atoms with Crippen LogP contribution < -0.4 is 5.56 Å². The number of likely N-dealkylation sites (N-methyl/N-ethyl adjacent to an activating group) is 1. The summed E-state index contributed by atoms with van der Waals surface area (Å²) in [7, 11) is 1.47. The van der Waals surface area contributed by atoms with Crippen LogP contribution in [0.2, 0.25) is 0 Å². The first-order valence-electron chi connectivity index (χ1n) is 8.09. The molecule has 0 radical (unpaired) electrons. The molecule has 8 heteroatoms. The Bertz CT molecular complexity index is 1090. The van der Waals surface area contributed by atoms with Gasteiger partial charge in [-0.25, -0.2) is 13.9 Å². The fourth-order valence-corrected chi connectivity index (χ4v) is 2.72. The summed E-state index contributed by atoms with van der Waals surface area (Å²) in [6.07, 6.45) is 0. The highest BCUT2D eigenvalue weighted by molar-refractivity contribution is 6.01. The summed E-state index contributed by atoms with van der Waals surface area (Å²) >= 11 is 0. The zero-order chi connectivity index (χ0) is 19.6. The number of aromatic carboxylic acids is 1. The van der Waals surface area contributed by atoms with E-state index in [-0.39, 0.29) is 23.0 Å². The number of fused-ring (bicyclic) bond motifs is 1. The van der Waals surface area contributed by atoms with Gasteiger partial charge in [-0.15, -0.1) is 0 Å². The maximum atomic E-state index is 13.7. The molecule has 0 aliphatic rings. The lowest BCUT2D eigenvalue weighted by atomic mass is 10.1. The first kappa shape index (κ1) is 18.2. The van der Waals surface area contributed by atoms with Gasteiger partial charge < -0.3 is 10.0 Å². The normalized spacial score (nSPS) is 10.7. The minimum absolute atomic E-state index is 0.0135. The number of benzene rings is 2. The Labute approximate surface area is 153 Å². The number of rotatable bonds is 5. The molecule has 0 aliphatic carbocycles. The molecule has 1 amide bonds. The summed E-state index contributed by atoms with van der Waals surface area (Å²) in [5.74, 6) is -2.24. The Morgan fingerprint density at radius 3 is 2.41 bits per heavy atom. The van der Waals surface area contributed by atoms with Crippen molar-refractivity contribution in [2.24, 2.45) is 0 Å². The highest BCUT2D eigenvalue weighted by Crippen LogP contribution is 2.13. The lowest BCUT2D eigenvalue weighted by molar-refractivity contribution is -0.131. The zero-order valence-electron chi connectivity index (χ0n) is 14.4. The van der Waals surface area contributed by atoms with Gasteiger partial charge >= 0.3 is 5.97 Å². The second-order valence-corrected chi connectivity index (χ2v) is 6.00. The van der Waals surface area contributed by atoms with Crippen LogP contribution >= 0.6 is 0 Å². The molecule has 1 aromatic heterocycles. The minimum atomic E-state index is -1.30. The average molecular weight is 369 g/mol. The van der Waals surface area contributed by atoms with Gasteiger partial charge in [0.05, 0.1) is 5.39 Å². The van der Waals surface area contributed by atoms with Crippen molar-refractivity contribution in [3.8, 4) is 0 Å². The van der Waals surface area contributed by atoms with Crippen LogP contribution in [0.3, 0.4) is 0 Å². The Hall–Kier alpha value is -3.55. The van der Waals surface area contributed by atoms with E-state index < -0.39 is 29.8 Å². The molecular formula is C19H16FN3O4. The second kappa shape index (κ2) is 7.36. The monoisotopic (exact) mass is 369 g/mol. The lowest BCUT2D eigenvalue weighted by Crippen LogP contribution is -2.35. The topological polar surface area (TPSA) is 92.5 Å². The van der Waals surface area contributed by atoms with Crippen molar-refractivity contribution >= 4 is 22.6 Å². The molecule has 0 unspecified atom stereocenters. The van der Waals surface area contributed by atoms with Crippen LogP contribution in [0, 0.1) is 5.82 Å². The maximum Gasteiger partial charge on any atom is 0.357 e. The van der Waals surface area contributed by atoms with E-state index in [2.05, 4.69) is 5.10 Å². The van der Waals surface area contributed by atoms with E-state index >= 15 is 0 Å². The van der Waals surface area contributed by atoms with Crippen LogP contribution in [0.4, 0.5) is 4.39 Å². The Morgan fingerprint density at radius 1 is 1.11 bits per heavy atom. The lowest BCUT2D eigenvalue weighted by Gasteiger charge is -2.18. The van der Waals surface area contributed by atoms with Gasteiger partial charge in [0.15, 0.2) is 5.69 Å². The van der Waals surface area contributed by atoms with E-state index in [4.69, 9.17) is 0 Å². The van der Waals surface area contributed by atoms with Crippen molar-refractivity contribution < 1.29 is 19.1 Å². The fourth-order valence-electron chi connectivity index (χ4n) is 2.72. The molecule has 27 heavy (non-hydrogen) atoms. The van der Waals surface area contributed by atoms with Crippen LogP contribution in [0.1, 0.15) is 16.1 Å². The SMILES string of the molecule is CN(Cc1ccccc1F)C(=O)Cn1nc(C(=O)O)c2ccccc2c1=O. The standard InChI is InChI=1S/C19H16FN3O4/c1-22(10-12-6-2-5-9-15(12)20)16(24)11-23-18(25)14-8-4-3-7-13(14)17(21-23)19(26)27/h2-9H,10-11H2,1H3,(H,26,27). The molecule has 0 bridgehead atoms. The number of carbonyl (C=O) groups excluding carboxylic acids is 1. The molecule has 1 heterocycles. The van der Waals surface area contributed by atoms with Crippen molar-refractivity contribution in [2.75, 3.05) is 7.05 Å². The van der Waals surface area contributed by atoms with Gasteiger partial charge in [-0.1, -0.05) is 36.4 Å². The third kappa shape index (κ3) is 3.69. The molecule has 3 aromatic rings. The third-order valence-electron chi connectivity index (χ3n) is 4.15. The third-order valence-corrected chi connectivity index (χ3v) is 4.15. The second-order valence-electron chi connectivity index (χ2n) is 6.00. The summed E-state index contributed by atoms with van der Waals surface area (Å²) in [4.78, 5) is 37.7. The van der Waals surface area contributed by atoms with E-state index in [1.807, 2.05) is 0 Å². The van der Waals surface area contributed by atoms with Crippen molar-refractivity contribution in [3.05, 3.63) is 76.0 Å². The van der Waals surface area contributed by atoms with Crippen LogP contribution in [0.5, 0.6) is 0 Å². The van der Waals surface area contributed by atoms with Crippen molar-refractivity contribution in [3.63, 3.8) is 0 Å². The van der Waals surface area contributed by atoms with E-state index in [1.54, 1.807) is 30.3 Å². The smallest absolute Gasteiger partial charge is 0.357 e. The van der Waals surface area contributed by atoms with Crippen molar-refractivity contribution in [1.82, 2.24) is 14.7 Å². The molecule has 0 fully saturated rings. The number of aromatic nitrogens is 2. The maximum absolute atomic E-state index is 13.7. The minimum Gasteiger partial charge on any atom is -0.476 e. The Morgan fingerprint density at radius 2 is 1.74 bits per heavy atom.